The molecule has 0 aliphatic rings. The minimum absolute atomic E-state index is 0.0234. The first-order valence-electron chi connectivity index (χ1n) is 12.2. The van der Waals surface area contributed by atoms with E-state index in [1.54, 1.807) is 6.08 Å². The molecule has 0 bridgehead atoms. The Bertz CT molecular complexity index is 1640. The number of carbonyl (C=O) groups excluding carboxylic acids is 1. The number of amides is 1. The molecule has 0 radical (unpaired) electrons. The van der Waals surface area contributed by atoms with Gasteiger partial charge in [-0.25, -0.2) is 0 Å². The minimum atomic E-state index is -0.451. The predicted octanol–water partition coefficient (Wildman–Crippen LogP) is 8.43. The summed E-state index contributed by atoms with van der Waals surface area (Å²) < 4.78 is 3.16. The largest absolute Gasteiger partial charge is 0.321 e. The van der Waals surface area contributed by atoms with Crippen molar-refractivity contribution in [3.05, 3.63) is 136 Å². The van der Waals surface area contributed by atoms with Gasteiger partial charge in [0, 0.05) is 21.4 Å². The first kappa shape index (κ1) is 25.0. The highest BCUT2D eigenvalue weighted by molar-refractivity contribution is 9.10. The van der Waals surface area contributed by atoms with Gasteiger partial charge in [-0.3, -0.25) is 4.79 Å². The predicted molar refractivity (Wildman–Crippen MR) is 158 cm³/mol. The van der Waals surface area contributed by atoms with Crippen LogP contribution in [0.3, 0.4) is 0 Å². The van der Waals surface area contributed by atoms with Crippen LogP contribution in [0.4, 0.5) is 5.69 Å². The minimum Gasteiger partial charge on any atom is -0.321 e. The lowest BCUT2D eigenvalue weighted by Gasteiger charge is -2.15. The van der Waals surface area contributed by atoms with Crippen LogP contribution in [0.5, 0.6) is 0 Å². The molecule has 1 heterocycles. The summed E-state index contributed by atoms with van der Waals surface area (Å²) in [7, 11) is 0. The highest BCUT2D eigenvalue weighted by Gasteiger charge is 2.20. The van der Waals surface area contributed by atoms with Gasteiger partial charge in [0.2, 0.25) is 0 Å². The first-order valence-corrected chi connectivity index (χ1v) is 12.9. The quantitative estimate of drug-likeness (QED) is 0.168. The average molecular weight is 558 g/mol. The molecule has 0 saturated carbocycles. The van der Waals surface area contributed by atoms with Gasteiger partial charge in [-0.2, -0.15) is 5.26 Å². The lowest BCUT2D eigenvalue weighted by Crippen LogP contribution is -2.13. The van der Waals surface area contributed by atoms with E-state index in [-0.39, 0.29) is 5.57 Å². The second-order valence-corrected chi connectivity index (χ2v) is 9.78. The molecule has 0 spiro atoms. The van der Waals surface area contributed by atoms with Gasteiger partial charge in [-0.15, -0.1) is 0 Å². The molecule has 0 atom stereocenters. The van der Waals surface area contributed by atoms with Gasteiger partial charge in [-0.05, 0) is 66.6 Å². The Morgan fingerprint density at radius 2 is 1.45 bits per heavy atom. The second-order valence-electron chi connectivity index (χ2n) is 8.87. The van der Waals surface area contributed by atoms with Crippen LogP contribution in [0.25, 0.3) is 34.3 Å². The van der Waals surface area contributed by atoms with Gasteiger partial charge in [0.25, 0.3) is 5.91 Å². The van der Waals surface area contributed by atoms with Crippen molar-refractivity contribution in [2.24, 2.45) is 0 Å². The van der Waals surface area contributed by atoms with E-state index in [9.17, 15) is 10.1 Å². The molecule has 38 heavy (non-hydrogen) atoms. The molecule has 5 aromatic rings. The Hall–Kier alpha value is -4.66. The molecule has 0 aliphatic carbocycles. The molecule has 0 fully saturated rings. The van der Waals surface area contributed by atoms with E-state index < -0.39 is 5.91 Å². The summed E-state index contributed by atoms with van der Waals surface area (Å²) in [6.07, 6.45) is 1.67. The highest BCUT2D eigenvalue weighted by Crippen LogP contribution is 2.37. The summed E-state index contributed by atoms with van der Waals surface area (Å²) in [5.74, 6) is -0.451. The van der Waals surface area contributed by atoms with Gasteiger partial charge in [0.1, 0.15) is 11.6 Å². The van der Waals surface area contributed by atoms with Crippen LogP contribution in [0, 0.1) is 18.3 Å². The Labute approximate surface area is 230 Å². The maximum atomic E-state index is 13.1. The van der Waals surface area contributed by atoms with Crippen molar-refractivity contribution in [1.29, 1.82) is 5.26 Å². The maximum Gasteiger partial charge on any atom is 0.266 e. The molecule has 0 saturated heterocycles. The van der Waals surface area contributed by atoms with Gasteiger partial charge < -0.3 is 9.88 Å². The van der Waals surface area contributed by atoms with Crippen LogP contribution in [-0.2, 0) is 4.79 Å². The number of nitriles is 1. The van der Waals surface area contributed by atoms with E-state index in [1.807, 2.05) is 110 Å². The third-order valence-electron chi connectivity index (χ3n) is 6.21. The van der Waals surface area contributed by atoms with Gasteiger partial charge in [0.05, 0.1) is 11.4 Å². The topological polar surface area (TPSA) is 57.8 Å². The Kier molecular flexibility index (Phi) is 7.35. The molecular weight excluding hydrogens is 534 g/mol. The van der Waals surface area contributed by atoms with Crippen LogP contribution >= 0.6 is 15.9 Å². The smallest absolute Gasteiger partial charge is 0.266 e. The first-order chi connectivity index (χ1) is 18.5. The molecular formula is C33H24BrN3O. The molecule has 1 N–H and O–H groups in total. The summed E-state index contributed by atoms with van der Waals surface area (Å²) in [4.78, 5) is 13.1. The SMILES string of the molecule is Cc1ccc(NC(=O)/C(C#N)=C/c2cc(-c3ccccc3)n(-c3ccc(Br)cc3)c2-c2ccccc2)cc1. The van der Waals surface area contributed by atoms with E-state index in [0.717, 1.165) is 43.8 Å². The van der Waals surface area contributed by atoms with Crippen LogP contribution in [0.15, 0.2) is 125 Å². The van der Waals surface area contributed by atoms with E-state index in [0.29, 0.717) is 5.69 Å². The zero-order chi connectivity index (χ0) is 26.5. The number of aryl methyl sites for hydroxylation is 1. The Morgan fingerprint density at radius 1 is 0.842 bits per heavy atom. The molecule has 184 valence electrons. The van der Waals surface area contributed by atoms with Crippen molar-refractivity contribution >= 4 is 33.6 Å². The fourth-order valence-electron chi connectivity index (χ4n) is 4.35. The number of nitrogens with one attached hydrogen (secondary N) is 1. The number of rotatable bonds is 6. The number of anilines is 1. The summed E-state index contributed by atoms with van der Waals surface area (Å²) in [6.45, 7) is 1.98. The van der Waals surface area contributed by atoms with Crippen molar-refractivity contribution in [2.45, 2.75) is 6.92 Å². The summed E-state index contributed by atoms with van der Waals surface area (Å²) in [5.41, 5.74) is 7.33. The second kappa shape index (κ2) is 11.2. The van der Waals surface area contributed by atoms with Crippen molar-refractivity contribution in [3.8, 4) is 34.3 Å². The summed E-state index contributed by atoms with van der Waals surface area (Å²) in [5, 5.41) is 12.8. The Morgan fingerprint density at radius 3 is 2.05 bits per heavy atom. The molecule has 1 amide bonds. The number of hydrogen-bond acceptors (Lipinski definition) is 2. The maximum absolute atomic E-state index is 13.1. The fourth-order valence-corrected chi connectivity index (χ4v) is 4.62. The summed E-state index contributed by atoms with van der Waals surface area (Å²) >= 11 is 3.54. The third-order valence-corrected chi connectivity index (χ3v) is 6.73. The monoisotopic (exact) mass is 557 g/mol. The molecule has 1 aromatic heterocycles. The van der Waals surface area contributed by atoms with Crippen molar-refractivity contribution in [2.75, 3.05) is 5.32 Å². The zero-order valence-corrected chi connectivity index (χ0v) is 22.3. The van der Waals surface area contributed by atoms with Crippen molar-refractivity contribution in [3.63, 3.8) is 0 Å². The average Bonchev–Trinajstić information content (AvgIpc) is 3.33. The van der Waals surface area contributed by atoms with E-state index in [4.69, 9.17) is 0 Å². The lowest BCUT2D eigenvalue weighted by atomic mass is 10.0. The van der Waals surface area contributed by atoms with Gasteiger partial charge in [-0.1, -0.05) is 94.3 Å². The number of aromatic nitrogens is 1. The molecule has 4 aromatic carbocycles. The van der Waals surface area contributed by atoms with Crippen molar-refractivity contribution < 1.29 is 4.79 Å². The van der Waals surface area contributed by atoms with Gasteiger partial charge >= 0.3 is 0 Å². The molecule has 0 aliphatic heterocycles. The zero-order valence-electron chi connectivity index (χ0n) is 20.7. The number of halogens is 1. The molecule has 0 unspecified atom stereocenters. The van der Waals surface area contributed by atoms with Crippen LogP contribution in [-0.4, -0.2) is 10.5 Å². The van der Waals surface area contributed by atoms with Gasteiger partial charge in [0.15, 0.2) is 0 Å². The van der Waals surface area contributed by atoms with Crippen LogP contribution < -0.4 is 5.32 Å². The van der Waals surface area contributed by atoms with E-state index in [2.05, 4.69) is 44.0 Å². The van der Waals surface area contributed by atoms with Crippen LogP contribution in [0.2, 0.25) is 0 Å². The van der Waals surface area contributed by atoms with Crippen LogP contribution in [0.1, 0.15) is 11.1 Å². The van der Waals surface area contributed by atoms with Crippen molar-refractivity contribution in [1.82, 2.24) is 4.57 Å². The normalized spacial score (nSPS) is 11.1. The van der Waals surface area contributed by atoms with E-state index in [1.165, 1.54) is 0 Å². The fraction of sp³-hybridized carbons (Fsp3) is 0.0303. The lowest BCUT2D eigenvalue weighted by molar-refractivity contribution is -0.112. The Balaban J connectivity index is 1.71. The number of benzene rings is 4. The molecule has 4 nitrogen and oxygen atoms in total. The number of nitrogens with zero attached hydrogens (tertiary/aromatic N) is 2. The van der Waals surface area contributed by atoms with E-state index >= 15 is 0 Å². The number of carbonyl (C=O) groups is 1. The summed E-state index contributed by atoms with van der Waals surface area (Å²) in [6, 6.07) is 39.9. The number of hydrogen-bond donors (Lipinski definition) is 1. The molecule has 5 rings (SSSR count). The molecule has 5 heteroatoms. The standard InChI is InChI=1S/C33H24BrN3O/c1-23-12-16-29(17-13-23)36-33(38)27(22-35)20-26-21-31(24-8-4-2-5-9-24)37(30-18-14-28(34)15-19-30)32(26)25-10-6-3-7-11-25/h2-21H,1H3,(H,36,38)/b27-20+. The highest BCUT2D eigenvalue weighted by atomic mass is 79.9. The third kappa shape index (κ3) is 5.36.